The van der Waals surface area contributed by atoms with Crippen LogP contribution in [0.15, 0.2) is 29.2 Å². The van der Waals surface area contributed by atoms with Gasteiger partial charge in [0, 0.05) is 37.1 Å². The predicted molar refractivity (Wildman–Crippen MR) is 98.0 cm³/mol. The maximum atomic E-state index is 12.7. The van der Waals surface area contributed by atoms with Crippen molar-refractivity contribution < 1.29 is 4.79 Å². The zero-order chi connectivity index (χ0) is 17.8. The first-order valence-corrected chi connectivity index (χ1v) is 8.74. The Balaban J connectivity index is 1.77. The zero-order valence-electron chi connectivity index (χ0n) is 14.8. The number of aromatic amines is 1. The van der Waals surface area contributed by atoms with Crippen LogP contribution in [0.5, 0.6) is 0 Å². The molecule has 2 aromatic heterocycles. The molecule has 0 spiro atoms. The molecule has 132 valence electrons. The molecule has 0 radical (unpaired) electrons. The second-order valence-corrected chi connectivity index (χ2v) is 6.55. The van der Waals surface area contributed by atoms with Gasteiger partial charge in [-0.25, -0.2) is 4.98 Å². The summed E-state index contributed by atoms with van der Waals surface area (Å²) in [5, 5.41) is 2.87. The first kappa shape index (κ1) is 17.2. The number of rotatable bonds is 4. The van der Waals surface area contributed by atoms with E-state index < -0.39 is 0 Å². The van der Waals surface area contributed by atoms with Crippen LogP contribution in [0.25, 0.3) is 0 Å². The molecule has 6 heteroatoms. The number of carbonyl (C=O) groups excluding carboxylic acids is 1. The molecular formula is C19H24N4O2. The average Bonchev–Trinajstić information content (AvgIpc) is 2.61. The molecule has 2 N–H and O–H groups in total. The Hall–Kier alpha value is -2.63. The van der Waals surface area contributed by atoms with E-state index in [9.17, 15) is 9.59 Å². The molecule has 1 fully saturated rings. The first-order chi connectivity index (χ1) is 12.1. The van der Waals surface area contributed by atoms with Crippen LogP contribution in [0, 0.1) is 13.8 Å². The fourth-order valence-electron chi connectivity index (χ4n) is 3.30. The van der Waals surface area contributed by atoms with Crippen LogP contribution in [0.4, 0.5) is 5.82 Å². The Labute approximate surface area is 147 Å². The summed E-state index contributed by atoms with van der Waals surface area (Å²) in [5.74, 6) is 0.530. The van der Waals surface area contributed by atoms with Crippen LogP contribution < -0.4 is 15.8 Å². The number of nitrogens with one attached hydrogen (secondary N) is 2. The molecule has 0 aromatic carbocycles. The predicted octanol–water partition coefficient (Wildman–Crippen LogP) is 2.31. The fraction of sp³-hybridized carbons (Fsp3) is 0.421. The van der Waals surface area contributed by atoms with Gasteiger partial charge in [-0.15, -0.1) is 0 Å². The lowest BCUT2D eigenvalue weighted by molar-refractivity contribution is 0.0951. The van der Waals surface area contributed by atoms with Crippen molar-refractivity contribution in [2.45, 2.75) is 39.7 Å². The molecule has 0 atom stereocenters. The largest absolute Gasteiger partial charge is 0.356 e. The molecule has 6 nitrogen and oxygen atoms in total. The number of aryl methyl sites for hydroxylation is 2. The van der Waals surface area contributed by atoms with Crippen LogP contribution in [0.3, 0.4) is 0 Å². The molecule has 0 saturated carbocycles. The van der Waals surface area contributed by atoms with Crippen molar-refractivity contribution in [3.63, 3.8) is 0 Å². The maximum Gasteiger partial charge on any atom is 0.255 e. The van der Waals surface area contributed by atoms with E-state index in [2.05, 4.69) is 20.2 Å². The SMILES string of the molecule is Cc1cc(C)c(CNC(=O)c2cccnc2N2CCCCC2)c(=O)[nH]1. The van der Waals surface area contributed by atoms with Gasteiger partial charge in [0.25, 0.3) is 11.5 Å². The summed E-state index contributed by atoms with van der Waals surface area (Å²) in [6.45, 7) is 5.78. The Morgan fingerprint density at radius 1 is 1.28 bits per heavy atom. The highest BCUT2D eigenvalue weighted by atomic mass is 16.2. The maximum absolute atomic E-state index is 12.7. The number of hydrogen-bond acceptors (Lipinski definition) is 4. The van der Waals surface area contributed by atoms with Gasteiger partial charge in [-0.05, 0) is 56.9 Å². The van der Waals surface area contributed by atoms with Crippen molar-refractivity contribution >= 4 is 11.7 Å². The molecule has 1 saturated heterocycles. The van der Waals surface area contributed by atoms with Crippen molar-refractivity contribution in [2.24, 2.45) is 0 Å². The van der Waals surface area contributed by atoms with Gasteiger partial charge in [-0.3, -0.25) is 9.59 Å². The van der Waals surface area contributed by atoms with Gasteiger partial charge in [0.15, 0.2) is 0 Å². The zero-order valence-corrected chi connectivity index (χ0v) is 14.8. The van der Waals surface area contributed by atoms with E-state index >= 15 is 0 Å². The van der Waals surface area contributed by atoms with E-state index in [1.54, 1.807) is 18.3 Å². The molecule has 0 aliphatic carbocycles. The lowest BCUT2D eigenvalue weighted by atomic mass is 10.1. The van der Waals surface area contributed by atoms with Gasteiger partial charge >= 0.3 is 0 Å². The molecule has 2 aromatic rings. The summed E-state index contributed by atoms with van der Waals surface area (Å²) < 4.78 is 0. The summed E-state index contributed by atoms with van der Waals surface area (Å²) in [7, 11) is 0. The molecule has 0 bridgehead atoms. The van der Waals surface area contributed by atoms with Gasteiger partial charge in [-0.2, -0.15) is 0 Å². The third kappa shape index (κ3) is 3.90. The number of hydrogen-bond donors (Lipinski definition) is 2. The van der Waals surface area contributed by atoms with Crippen LogP contribution in [0.1, 0.15) is 46.4 Å². The number of pyridine rings is 2. The van der Waals surface area contributed by atoms with E-state index in [1.807, 2.05) is 19.9 Å². The van der Waals surface area contributed by atoms with Crippen molar-refractivity contribution in [3.8, 4) is 0 Å². The summed E-state index contributed by atoms with van der Waals surface area (Å²) in [4.78, 5) is 34.1. The monoisotopic (exact) mass is 340 g/mol. The first-order valence-electron chi connectivity index (χ1n) is 8.74. The minimum Gasteiger partial charge on any atom is -0.356 e. The number of aromatic nitrogens is 2. The van der Waals surface area contributed by atoms with Gasteiger partial charge in [0.1, 0.15) is 5.82 Å². The van der Waals surface area contributed by atoms with Crippen LogP contribution in [0.2, 0.25) is 0 Å². The van der Waals surface area contributed by atoms with Crippen LogP contribution in [-0.2, 0) is 6.54 Å². The Morgan fingerprint density at radius 3 is 2.76 bits per heavy atom. The lowest BCUT2D eigenvalue weighted by Crippen LogP contribution is -2.34. The highest BCUT2D eigenvalue weighted by Gasteiger charge is 2.19. The topological polar surface area (TPSA) is 78.1 Å². The van der Waals surface area contributed by atoms with E-state index in [0.29, 0.717) is 11.1 Å². The Kier molecular flexibility index (Phi) is 5.16. The summed E-state index contributed by atoms with van der Waals surface area (Å²) >= 11 is 0. The number of piperidine rings is 1. The van der Waals surface area contributed by atoms with Gasteiger partial charge < -0.3 is 15.2 Å². The standard InChI is InChI=1S/C19H24N4O2/c1-13-11-14(2)22-19(25)16(13)12-21-18(24)15-7-6-8-20-17(15)23-9-4-3-5-10-23/h6-8,11H,3-5,9-10,12H2,1-2H3,(H,21,24)(H,22,25). The molecule has 1 aliphatic heterocycles. The second kappa shape index (κ2) is 7.51. The van der Waals surface area contributed by atoms with Gasteiger partial charge in [-0.1, -0.05) is 0 Å². The number of nitrogens with zero attached hydrogens (tertiary/aromatic N) is 2. The third-order valence-electron chi connectivity index (χ3n) is 4.61. The molecule has 1 amide bonds. The van der Waals surface area contributed by atoms with Crippen molar-refractivity contribution in [2.75, 3.05) is 18.0 Å². The number of anilines is 1. The third-order valence-corrected chi connectivity index (χ3v) is 4.61. The number of H-pyrrole nitrogens is 1. The Morgan fingerprint density at radius 2 is 2.04 bits per heavy atom. The second-order valence-electron chi connectivity index (χ2n) is 6.55. The van der Waals surface area contributed by atoms with Crippen molar-refractivity contribution in [1.29, 1.82) is 0 Å². The molecule has 0 unspecified atom stereocenters. The molecule has 1 aliphatic rings. The summed E-state index contributed by atoms with van der Waals surface area (Å²) in [6, 6.07) is 5.47. The summed E-state index contributed by atoms with van der Waals surface area (Å²) in [6.07, 6.45) is 5.18. The highest BCUT2D eigenvalue weighted by molar-refractivity contribution is 5.98. The number of amides is 1. The van der Waals surface area contributed by atoms with E-state index in [4.69, 9.17) is 0 Å². The van der Waals surface area contributed by atoms with Crippen molar-refractivity contribution in [3.05, 3.63) is 57.1 Å². The molecular weight excluding hydrogens is 316 g/mol. The van der Waals surface area contributed by atoms with E-state index in [-0.39, 0.29) is 18.0 Å². The smallest absolute Gasteiger partial charge is 0.255 e. The minimum atomic E-state index is -0.201. The van der Waals surface area contributed by atoms with Crippen molar-refractivity contribution in [1.82, 2.24) is 15.3 Å². The van der Waals surface area contributed by atoms with Crippen LogP contribution >= 0.6 is 0 Å². The summed E-state index contributed by atoms with van der Waals surface area (Å²) in [5.41, 5.74) is 2.69. The minimum absolute atomic E-state index is 0.153. The Bertz CT molecular complexity index is 822. The quantitative estimate of drug-likeness (QED) is 0.895. The average molecular weight is 340 g/mol. The molecule has 25 heavy (non-hydrogen) atoms. The van der Waals surface area contributed by atoms with E-state index in [0.717, 1.165) is 43.0 Å². The number of carbonyl (C=O) groups is 1. The van der Waals surface area contributed by atoms with Crippen LogP contribution in [-0.4, -0.2) is 29.0 Å². The highest BCUT2D eigenvalue weighted by Crippen LogP contribution is 2.21. The van der Waals surface area contributed by atoms with E-state index in [1.165, 1.54) is 6.42 Å². The lowest BCUT2D eigenvalue weighted by Gasteiger charge is -2.29. The van der Waals surface area contributed by atoms with Gasteiger partial charge in [0.2, 0.25) is 0 Å². The molecule has 3 heterocycles. The fourth-order valence-corrected chi connectivity index (χ4v) is 3.30. The van der Waals surface area contributed by atoms with Gasteiger partial charge in [0.05, 0.1) is 5.56 Å². The molecule has 3 rings (SSSR count). The normalized spacial score (nSPS) is 14.4.